The van der Waals surface area contributed by atoms with Crippen LogP contribution in [0, 0.1) is 19.8 Å². The molecule has 28 heavy (non-hydrogen) atoms. The molecule has 6 nitrogen and oxygen atoms in total. The predicted molar refractivity (Wildman–Crippen MR) is 109 cm³/mol. The van der Waals surface area contributed by atoms with Gasteiger partial charge < -0.3 is 14.5 Å². The molecule has 1 aromatic heterocycles. The summed E-state index contributed by atoms with van der Waals surface area (Å²) in [4.78, 5) is 17.0. The number of aryl methyl sites for hydroxylation is 2. The molecular weight excluding hydrogens is 352 g/mol. The van der Waals surface area contributed by atoms with Crippen molar-refractivity contribution in [1.82, 2.24) is 15.1 Å². The first-order chi connectivity index (χ1) is 13.6. The molecule has 0 spiro atoms. The molecule has 148 valence electrons. The van der Waals surface area contributed by atoms with Crippen LogP contribution < -0.4 is 4.90 Å². The van der Waals surface area contributed by atoms with Gasteiger partial charge in [0.2, 0.25) is 5.91 Å². The lowest BCUT2D eigenvalue weighted by molar-refractivity contribution is -0.139. The van der Waals surface area contributed by atoms with E-state index in [1.165, 1.54) is 11.1 Å². The van der Waals surface area contributed by atoms with Crippen molar-refractivity contribution >= 4 is 11.7 Å². The average Bonchev–Trinajstić information content (AvgIpc) is 2.76. The van der Waals surface area contributed by atoms with Gasteiger partial charge in [0.1, 0.15) is 0 Å². The van der Waals surface area contributed by atoms with E-state index in [4.69, 9.17) is 4.74 Å². The number of morpholine rings is 1. The second kappa shape index (κ2) is 8.27. The number of piperidine rings is 1. The van der Waals surface area contributed by atoms with Crippen molar-refractivity contribution in [1.29, 1.82) is 0 Å². The van der Waals surface area contributed by atoms with Crippen molar-refractivity contribution in [3.8, 4) is 11.3 Å². The average molecular weight is 380 g/mol. The molecule has 0 N–H and O–H groups in total. The molecule has 1 amide bonds. The van der Waals surface area contributed by atoms with Gasteiger partial charge in [0, 0.05) is 31.7 Å². The molecule has 2 fully saturated rings. The number of rotatable bonds is 3. The summed E-state index contributed by atoms with van der Waals surface area (Å²) < 4.78 is 5.37. The van der Waals surface area contributed by atoms with Crippen LogP contribution in [0.25, 0.3) is 11.3 Å². The predicted octanol–water partition coefficient (Wildman–Crippen LogP) is 2.84. The smallest absolute Gasteiger partial charge is 0.227 e. The van der Waals surface area contributed by atoms with Gasteiger partial charge in [-0.2, -0.15) is 0 Å². The number of ether oxygens (including phenoxy) is 1. The maximum absolute atomic E-state index is 12.8. The van der Waals surface area contributed by atoms with Gasteiger partial charge in [0.05, 0.1) is 24.8 Å². The fraction of sp³-hybridized carbons (Fsp3) is 0.500. The van der Waals surface area contributed by atoms with Gasteiger partial charge in [0.15, 0.2) is 5.82 Å². The Balaban J connectivity index is 1.44. The highest BCUT2D eigenvalue weighted by Gasteiger charge is 2.30. The van der Waals surface area contributed by atoms with E-state index in [-0.39, 0.29) is 11.8 Å². The lowest BCUT2D eigenvalue weighted by Crippen LogP contribution is -2.48. The first kappa shape index (κ1) is 18.9. The van der Waals surface area contributed by atoms with E-state index < -0.39 is 0 Å². The van der Waals surface area contributed by atoms with Crippen LogP contribution in [0.5, 0.6) is 0 Å². The van der Waals surface area contributed by atoms with Crippen LogP contribution in [0.4, 0.5) is 5.82 Å². The molecule has 6 heteroatoms. The molecule has 4 rings (SSSR count). The van der Waals surface area contributed by atoms with Gasteiger partial charge in [-0.25, -0.2) is 0 Å². The molecule has 1 atom stereocenters. The summed E-state index contributed by atoms with van der Waals surface area (Å²) >= 11 is 0. The van der Waals surface area contributed by atoms with Gasteiger partial charge in [-0.1, -0.05) is 12.1 Å². The first-order valence-electron chi connectivity index (χ1n) is 10.1. The summed E-state index contributed by atoms with van der Waals surface area (Å²) in [7, 11) is 0. The Bertz CT molecular complexity index is 831. The summed E-state index contributed by atoms with van der Waals surface area (Å²) in [5, 5.41) is 8.92. The zero-order valence-electron chi connectivity index (χ0n) is 16.7. The van der Waals surface area contributed by atoms with Crippen LogP contribution >= 0.6 is 0 Å². The number of anilines is 1. The summed E-state index contributed by atoms with van der Waals surface area (Å²) in [5.74, 6) is 1.15. The maximum Gasteiger partial charge on any atom is 0.227 e. The Labute approximate surface area is 166 Å². The summed E-state index contributed by atoms with van der Waals surface area (Å²) in [6.07, 6.45) is 1.95. The molecule has 1 unspecified atom stereocenters. The van der Waals surface area contributed by atoms with Crippen molar-refractivity contribution in [3.63, 3.8) is 0 Å². The maximum atomic E-state index is 12.8. The number of hydrogen-bond donors (Lipinski definition) is 0. The fourth-order valence-electron chi connectivity index (χ4n) is 3.98. The van der Waals surface area contributed by atoms with E-state index >= 15 is 0 Å². The normalized spacial score (nSPS) is 20.3. The Morgan fingerprint density at radius 3 is 2.57 bits per heavy atom. The third-order valence-corrected chi connectivity index (χ3v) is 5.87. The van der Waals surface area contributed by atoms with Crippen molar-refractivity contribution in [3.05, 3.63) is 41.5 Å². The molecule has 3 heterocycles. The molecule has 0 aliphatic carbocycles. The summed E-state index contributed by atoms with van der Waals surface area (Å²) in [6, 6.07) is 10.4. The highest BCUT2D eigenvalue weighted by molar-refractivity contribution is 5.80. The van der Waals surface area contributed by atoms with Crippen LogP contribution in [0.1, 0.15) is 24.0 Å². The minimum atomic E-state index is 0.0353. The highest BCUT2D eigenvalue weighted by Crippen LogP contribution is 2.25. The number of hydrogen-bond acceptors (Lipinski definition) is 5. The molecule has 2 aliphatic heterocycles. The number of nitrogens with zero attached hydrogens (tertiary/aromatic N) is 4. The van der Waals surface area contributed by atoms with E-state index in [0.717, 1.165) is 36.5 Å². The summed E-state index contributed by atoms with van der Waals surface area (Å²) in [6.45, 7) is 8.57. The molecule has 2 aromatic rings. The van der Waals surface area contributed by atoms with Gasteiger partial charge in [-0.05, 0) is 56.0 Å². The van der Waals surface area contributed by atoms with Crippen molar-refractivity contribution in [2.45, 2.75) is 26.7 Å². The van der Waals surface area contributed by atoms with E-state index in [1.807, 2.05) is 17.0 Å². The Kier molecular flexibility index (Phi) is 5.57. The molecule has 2 aliphatic rings. The molecule has 0 saturated carbocycles. The molecule has 0 radical (unpaired) electrons. The molecular formula is C22H28N4O2. The van der Waals surface area contributed by atoms with Crippen LogP contribution in [-0.4, -0.2) is 60.4 Å². The topological polar surface area (TPSA) is 58.6 Å². The number of carbonyl (C=O) groups is 1. The zero-order valence-corrected chi connectivity index (χ0v) is 16.7. The van der Waals surface area contributed by atoms with E-state index in [1.54, 1.807) is 0 Å². The monoisotopic (exact) mass is 380 g/mol. The molecule has 1 aromatic carbocycles. The number of carbonyl (C=O) groups excluding carboxylic acids is 1. The van der Waals surface area contributed by atoms with Gasteiger partial charge >= 0.3 is 0 Å². The second-order valence-electron chi connectivity index (χ2n) is 7.80. The number of benzene rings is 1. The quantitative estimate of drug-likeness (QED) is 0.820. The van der Waals surface area contributed by atoms with Crippen molar-refractivity contribution < 1.29 is 9.53 Å². The lowest BCUT2D eigenvalue weighted by atomic mass is 9.96. The SMILES string of the molecule is Cc1ccc(-c2ccc(N3CCCC(C(=O)N4CCOCC4)C3)nn2)cc1C. The fourth-order valence-corrected chi connectivity index (χ4v) is 3.98. The van der Waals surface area contributed by atoms with Gasteiger partial charge in [0.25, 0.3) is 0 Å². The Morgan fingerprint density at radius 1 is 1.04 bits per heavy atom. The Morgan fingerprint density at radius 2 is 1.86 bits per heavy atom. The number of aromatic nitrogens is 2. The largest absolute Gasteiger partial charge is 0.378 e. The third kappa shape index (κ3) is 4.02. The Hall–Kier alpha value is -2.47. The third-order valence-electron chi connectivity index (χ3n) is 5.87. The van der Waals surface area contributed by atoms with Gasteiger partial charge in [-0.15, -0.1) is 10.2 Å². The highest BCUT2D eigenvalue weighted by atomic mass is 16.5. The standard InChI is InChI=1S/C22H28N4O2/c1-16-5-6-18(14-17(16)2)20-7-8-21(24-23-20)26-9-3-4-19(15-26)22(27)25-10-12-28-13-11-25/h5-8,14,19H,3-4,9-13,15H2,1-2H3. The number of amides is 1. The van der Waals surface area contributed by atoms with Crippen molar-refractivity contribution in [2.24, 2.45) is 5.92 Å². The molecule has 2 saturated heterocycles. The first-order valence-corrected chi connectivity index (χ1v) is 10.1. The van der Waals surface area contributed by atoms with Crippen molar-refractivity contribution in [2.75, 3.05) is 44.3 Å². The minimum Gasteiger partial charge on any atom is -0.378 e. The summed E-state index contributed by atoms with van der Waals surface area (Å²) in [5.41, 5.74) is 4.49. The van der Waals surface area contributed by atoms with Gasteiger partial charge in [-0.3, -0.25) is 4.79 Å². The lowest BCUT2D eigenvalue weighted by Gasteiger charge is -2.36. The van der Waals surface area contributed by atoms with E-state index in [9.17, 15) is 4.79 Å². The van der Waals surface area contributed by atoms with Crippen LogP contribution in [0.3, 0.4) is 0 Å². The minimum absolute atomic E-state index is 0.0353. The zero-order chi connectivity index (χ0) is 19.5. The second-order valence-corrected chi connectivity index (χ2v) is 7.80. The van der Waals surface area contributed by atoms with Crippen LogP contribution in [0.15, 0.2) is 30.3 Å². The van der Waals surface area contributed by atoms with E-state index in [2.05, 4.69) is 47.1 Å². The van der Waals surface area contributed by atoms with Crippen LogP contribution in [-0.2, 0) is 9.53 Å². The van der Waals surface area contributed by atoms with E-state index in [0.29, 0.717) is 32.8 Å². The molecule has 0 bridgehead atoms. The van der Waals surface area contributed by atoms with Crippen LogP contribution in [0.2, 0.25) is 0 Å².